The summed E-state index contributed by atoms with van der Waals surface area (Å²) in [5, 5.41) is 8.66. The maximum absolute atomic E-state index is 12.5. The van der Waals surface area contributed by atoms with Crippen LogP contribution >= 0.6 is 0 Å². The van der Waals surface area contributed by atoms with Crippen molar-refractivity contribution in [3.8, 4) is 0 Å². The van der Waals surface area contributed by atoms with E-state index in [1.165, 1.54) is 0 Å². The first-order valence-electron chi connectivity index (χ1n) is 7.43. The highest BCUT2D eigenvalue weighted by molar-refractivity contribution is 7.90. The Morgan fingerprint density at radius 2 is 1.83 bits per heavy atom. The van der Waals surface area contributed by atoms with Gasteiger partial charge in [0.2, 0.25) is 5.96 Å². The fraction of sp³-hybridized carbons (Fsp3) is 0.467. The molecule has 0 saturated heterocycles. The van der Waals surface area contributed by atoms with Crippen molar-refractivity contribution in [3.05, 3.63) is 28.8 Å². The number of guanidine groups is 1. The van der Waals surface area contributed by atoms with Gasteiger partial charge in [0, 0.05) is 6.54 Å². The highest BCUT2D eigenvalue weighted by Gasteiger charge is 2.20. The number of rotatable bonds is 7. The average molecular weight is 356 g/mol. The van der Waals surface area contributed by atoms with Crippen LogP contribution in [-0.4, -0.2) is 38.0 Å². The second-order valence-electron chi connectivity index (χ2n) is 5.69. The number of carbonyl (C=O) groups is 1. The largest absolute Gasteiger partial charge is 0.480 e. The minimum absolute atomic E-state index is 0.180. The van der Waals surface area contributed by atoms with Crippen molar-refractivity contribution < 1.29 is 18.3 Å². The van der Waals surface area contributed by atoms with E-state index in [1.54, 1.807) is 26.0 Å². The van der Waals surface area contributed by atoms with E-state index >= 15 is 0 Å². The van der Waals surface area contributed by atoms with E-state index < -0.39 is 22.0 Å². The lowest BCUT2D eigenvalue weighted by Crippen LogP contribution is -2.37. The Morgan fingerprint density at radius 3 is 2.33 bits per heavy atom. The smallest absolute Gasteiger partial charge is 0.320 e. The highest BCUT2D eigenvalue weighted by atomic mass is 32.2. The number of carboxylic acid groups (broad SMARTS) is 1. The predicted octanol–water partition coefficient (Wildman–Crippen LogP) is 0.397. The molecule has 0 saturated carbocycles. The maximum Gasteiger partial charge on any atom is 0.320 e. The molecule has 0 heterocycles. The van der Waals surface area contributed by atoms with Gasteiger partial charge in [-0.3, -0.25) is 9.79 Å². The van der Waals surface area contributed by atoms with Crippen molar-refractivity contribution in [2.75, 3.05) is 6.54 Å². The molecule has 0 bridgehead atoms. The highest BCUT2D eigenvalue weighted by Crippen LogP contribution is 2.21. The van der Waals surface area contributed by atoms with Gasteiger partial charge < -0.3 is 16.6 Å². The van der Waals surface area contributed by atoms with Gasteiger partial charge in [-0.15, -0.1) is 0 Å². The molecule has 0 radical (unpaired) electrons. The number of hydrogen-bond donors (Lipinski definition) is 4. The van der Waals surface area contributed by atoms with Gasteiger partial charge in [-0.2, -0.15) is 0 Å². The van der Waals surface area contributed by atoms with Crippen molar-refractivity contribution in [2.24, 2.45) is 16.5 Å². The summed E-state index contributed by atoms with van der Waals surface area (Å²) in [6, 6.07) is 2.60. The van der Waals surface area contributed by atoms with E-state index in [9.17, 15) is 13.2 Å². The number of aryl methyl sites for hydroxylation is 3. The molecule has 0 amide bonds. The first-order chi connectivity index (χ1) is 11.0. The molecule has 0 aliphatic rings. The van der Waals surface area contributed by atoms with E-state index in [-0.39, 0.29) is 23.8 Å². The fourth-order valence-electron chi connectivity index (χ4n) is 2.45. The van der Waals surface area contributed by atoms with Gasteiger partial charge in [-0.05, 0) is 44.7 Å². The van der Waals surface area contributed by atoms with Crippen LogP contribution in [0.4, 0.5) is 0 Å². The Balaban J connectivity index is 2.77. The molecular formula is C15H24N4O4S. The zero-order valence-electron chi connectivity index (χ0n) is 14.0. The van der Waals surface area contributed by atoms with E-state index in [2.05, 4.69) is 9.71 Å². The van der Waals surface area contributed by atoms with Crippen LogP contribution in [0.5, 0.6) is 0 Å². The van der Waals surface area contributed by atoms with Crippen LogP contribution in [0.3, 0.4) is 0 Å². The van der Waals surface area contributed by atoms with Crippen LogP contribution in [0.1, 0.15) is 29.5 Å². The number of nitrogens with zero attached hydrogens (tertiary/aromatic N) is 1. The number of aliphatic imine (C=N–C) groups is 1. The van der Waals surface area contributed by atoms with E-state index in [0.29, 0.717) is 17.5 Å². The third-order valence-electron chi connectivity index (χ3n) is 3.38. The summed E-state index contributed by atoms with van der Waals surface area (Å²) in [6.45, 7) is 5.51. The summed E-state index contributed by atoms with van der Waals surface area (Å²) in [5.74, 6) is -1.32. The molecule has 0 aliphatic carbocycles. The van der Waals surface area contributed by atoms with E-state index in [0.717, 1.165) is 5.56 Å². The third kappa shape index (κ3) is 5.50. The van der Waals surface area contributed by atoms with Crippen molar-refractivity contribution in [1.82, 2.24) is 4.72 Å². The zero-order valence-corrected chi connectivity index (χ0v) is 14.9. The van der Waals surface area contributed by atoms with Gasteiger partial charge in [0.15, 0.2) is 0 Å². The molecule has 0 fully saturated rings. The van der Waals surface area contributed by atoms with Gasteiger partial charge in [-0.1, -0.05) is 17.7 Å². The van der Waals surface area contributed by atoms with Crippen molar-refractivity contribution in [3.63, 3.8) is 0 Å². The second-order valence-corrected chi connectivity index (χ2v) is 7.31. The number of nitrogens with two attached hydrogens (primary N) is 2. The zero-order chi connectivity index (χ0) is 18.5. The maximum atomic E-state index is 12.5. The summed E-state index contributed by atoms with van der Waals surface area (Å²) < 4.78 is 27.1. The molecule has 1 atom stereocenters. The van der Waals surface area contributed by atoms with Gasteiger partial charge in [0.1, 0.15) is 6.04 Å². The lowest BCUT2D eigenvalue weighted by Gasteiger charge is -2.13. The molecule has 0 aliphatic heterocycles. The average Bonchev–Trinajstić information content (AvgIpc) is 2.40. The first kappa shape index (κ1) is 19.9. The summed E-state index contributed by atoms with van der Waals surface area (Å²) in [6.07, 6.45) is 0.619. The monoisotopic (exact) mass is 356 g/mol. The Bertz CT molecular complexity index is 721. The molecule has 6 N–H and O–H groups in total. The van der Waals surface area contributed by atoms with Crippen LogP contribution in [0.15, 0.2) is 22.0 Å². The molecule has 1 aromatic carbocycles. The Hall–Kier alpha value is -2.13. The van der Waals surface area contributed by atoms with Crippen LogP contribution < -0.4 is 16.2 Å². The number of nitrogens with one attached hydrogen (secondary N) is 1. The van der Waals surface area contributed by atoms with Crippen LogP contribution in [0.2, 0.25) is 0 Å². The van der Waals surface area contributed by atoms with E-state index in [1.807, 2.05) is 6.92 Å². The van der Waals surface area contributed by atoms with Crippen LogP contribution in [-0.2, 0) is 14.8 Å². The number of carboxylic acids is 1. The SMILES string of the molecule is Cc1cc(C)c(S(=O)(=O)NC(N)=NCCC[C@H](N)C(=O)O)c(C)c1. The second kappa shape index (κ2) is 8.11. The van der Waals surface area contributed by atoms with Gasteiger partial charge in [-0.25, -0.2) is 13.1 Å². The Kier molecular flexibility index (Phi) is 6.73. The number of benzene rings is 1. The first-order valence-corrected chi connectivity index (χ1v) is 8.92. The molecule has 24 heavy (non-hydrogen) atoms. The van der Waals surface area contributed by atoms with Crippen LogP contribution in [0, 0.1) is 20.8 Å². The molecule has 1 aromatic rings. The lowest BCUT2D eigenvalue weighted by molar-refractivity contribution is -0.138. The Labute approximate surface area is 142 Å². The van der Waals surface area contributed by atoms with Gasteiger partial charge in [0.05, 0.1) is 4.90 Å². The molecule has 8 nitrogen and oxygen atoms in total. The fourth-order valence-corrected chi connectivity index (χ4v) is 3.85. The molecule has 134 valence electrons. The summed E-state index contributed by atoms with van der Waals surface area (Å²) in [4.78, 5) is 14.7. The molecule has 0 unspecified atom stereocenters. The van der Waals surface area contributed by atoms with Gasteiger partial charge >= 0.3 is 5.97 Å². The topological polar surface area (TPSA) is 148 Å². The quantitative estimate of drug-likeness (QED) is 0.316. The predicted molar refractivity (Wildman–Crippen MR) is 92.3 cm³/mol. The van der Waals surface area contributed by atoms with Crippen LogP contribution in [0.25, 0.3) is 0 Å². The normalized spacial score (nSPS) is 13.6. The number of aliphatic carboxylic acids is 1. The minimum Gasteiger partial charge on any atom is -0.480 e. The third-order valence-corrected chi connectivity index (χ3v) is 5.04. The summed E-state index contributed by atoms with van der Waals surface area (Å²) in [5.41, 5.74) is 13.2. The molecular weight excluding hydrogens is 332 g/mol. The van der Waals surface area contributed by atoms with E-state index in [4.69, 9.17) is 16.6 Å². The summed E-state index contributed by atoms with van der Waals surface area (Å²) in [7, 11) is -3.83. The lowest BCUT2D eigenvalue weighted by atomic mass is 10.1. The van der Waals surface area contributed by atoms with Gasteiger partial charge in [0.25, 0.3) is 10.0 Å². The van der Waals surface area contributed by atoms with Crippen molar-refractivity contribution in [2.45, 2.75) is 44.6 Å². The molecule has 0 aromatic heterocycles. The molecule has 9 heteroatoms. The van der Waals surface area contributed by atoms with Crippen molar-refractivity contribution in [1.29, 1.82) is 0 Å². The van der Waals surface area contributed by atoms with Crippen molar-refractivity contribution >= 4 is 22.0 Å². The molecule has 0 spiro atoms. The molecule has 1 rings (SSSR count). The standard InChI is InChI=1S/C15H24N4O4S/c1-9-7-10(2)13(11(3)8-9)24(22,23)19-15(17)18-6-4-5-12(16)14(20)21/h7-8,12H,4-6,16H2,1-3H3,(H,20,21)(H3,17,18,19)/t12-/m0/s1. The number of sulfonamides is 1. The number of hydrogen-bond acceptors (Lipinski definition) is 5. The summed E-state index contributed by atoms with van der Waals surface area (Å²) >= 11 is 0. The minimum atomic E-state index is -3.83. The Morgan fingerprint density at radius 1 is 1.29 bits per heavy atom.